The van der Waals surface area contributed by atoms with Gasteiger partial charge in [-0.1, -0.05) is 74.5 Å². The number of urea groups is 1. The largest absolute Gasteiger partial charge is 0.371 e. The summed E-state index contributed by atoms with van der Waals surface area (Å²) in [5.74, 6) is 0.890. The molecule has 6 heteroatoms. The zero-order chi connectivity index (χ0) is 26.0. The molecule has 194 valence electrons. The van der Waals surface area contributed by atoms with E-state index in [1.165, 1.54) is 5.56 Å². The van der Waals surface area contributed by atoms with Crippen molar-refractivity contribution in [1.29, 1.82) is 0 Å². The van der Waals surface area contributed by atoms with Crippen LogP contribution in [-0.2, 0) is 13.0 Å². The van der Waals surface area contributed by atoms with Crippen LogP contribution in [0.2, 0.25) is 0 Å². The molecule has 0 bridgehead atoms. The van der Waals surface area contributed by atoms with Crippen LogP contribution in [0.15, 0.2) is 78.9 Å². The van der Waals surface area contributed by atoms with Crippen molar-refractivity contribution in [1.82, 2.24) is 10.6 Å². The highest BCUT2D eigenvalue weighted by Crippen LogP contribution is 2.30. The molecule has 0 aromatic heterocycles. The Hall–Kier alpha value is -3.80. The molecule has 0 atom stereocenters. The summed E-state index contributed by atoms with van der Waals surface area (Å²) >= 11 is 0. The van der Waals surface area contributed by atoms with Gasteiger partial charge in [-0.15, -0.1) is 0 Å². The van der Waals surface area contributed by atoms with Gasteiger partial charge in [0.15, 0.2) is 0 Å². The monoisotopic (exact) mass is 498 g/mol. The number of nitrogens with one attached hydrogen (secondary N) is 3. The summed E-state index contributed by atoms with van der Waals surface area (Å²) in [6.45, 7) is 7.01. The summed E-state index contributed by atoms with van der Waals surface area (Å²) in [6, 6.07) is 25.8. The summed E-state index contributed by atoms with van der Waals surface area (Å²) in [4.78, 5) is 28.0. The van der Waals surface area contributed by atoms with Gasteiger partial charge >= 0.3 is 6.03 Å². The molecule has 4 rings (SSSR count). The smallest absolute Gasteiger partial charge is 0.319 e. The molecule has 1 heterocycles. The van der Waals surface area contributed by atoms with Crippen LogP contribution < -0.4 is 20.9 Å². The lowest BCUT2D eigenvalue weighted by atomic mass is 9.89. The predicted molar refractivity (Wildman–Crippen MR) is 151 cm³/mol. The molecular weight excluding hydrogens is 460 g/mol. The summed E-state index contributed by atoms with van der Waals surface area (Å²) < 4.78 is 0. The van der Waals surface area contributed by atoms with Gasteiger partial charge in [-0.3, -0.25) is 4.79 Å². The van der Waals surface area contributed by atoms with E-state index in [-0.39, 0.29) is 11.9 Å². The van der Waals surface area contributed by atoms with Crippen LogP contribution in [0, 0.1) is 11.8 Å². The molecule has 3 aromatic carbocycles. The molecule has 0 saturated carbocycles. The van der Waals surface area contributed by atoms with Crippen LogP contribution in [0.4, 0.5) is 16.2 Å². The van der Waals surface area contributed by atoms with Gasteiger partial charge in [-0.05, 0) is 60.4 Å². The Balaban J connectivity index is 1.43. The zero-order valence-corrected chi connectivity index (χ0v) is 21.9. The van der Waals surface area contributed by atoms with Gasteiger partial charge in [0, 0.05) is 37.6 Å². The Bertz CT molecular complexity index is 1160. The van der Waals surface area contributed by atoms with Crippen LogP contribution in [0.1, 0.15) is 48.2 Å². The Morgan fingerprint density at radius 2 is 1.51 bits per heavy atom. The van der Waals surface area contributed by atoms with E-state index in [1.807, 2.05) is 42.5 Å². The lowest BCUT2D eigenvalue weighted by Gasteiger charge is -2.35. The molecule has 1 fully saturated rings. The number of carbonyl (C=O) groups excluding carboxylic acids is 2. The third-order valence-corrected chi connectivity index (χ3v) is 6.79. The normalized spacial score (nSPS) is 13.9. The van der Waals surface area contributed by atoms with Gasteiger partial charge in [-0.2, -0.15) is 0 Å². The van der Waals surface area contributed by atoms with Crippen molar-refractivity contribution in [3.63, 3.8) is 0 Å². The molecule has 0 spiro atoms. The number of benzene rings is 3. The molecule has 3 N–H and O–H groups in total. The lowest BCUT2D eigenvalue weighted by molar-refractivity contribution is 0.0949. The first-order valence-corrected chi connectivity index (χ1v) is 13.3. The SMILES string of the molecule is CC(C)CNC(=O)c1cc(NC(=O)NCc2ccccc2)ccc1N1CCC(Cc2ccccc2)CC1. The molecule has 1 saturated heterocycles. The fourth-order valence-electron chi connectivity index (χ4n) is 4.74. The number of amides is 3. The average Bonchev–Trinajstić information content (AvgIpc) is 2.92. The first kappa shape index (κ1) is 26.3. The molecule has 37 heavy (non-hydrogen) atoms. The highest BCUT2D eigenvalue weighted by Gasteiger charge is 2.24. The van der Waals surface area contributed by atoms with E-state index in [0.717, 1.165) is 43.6 Å². The maximum atomic E-state index is 13.2. The average molecular weight is 499 g/mol. The maximum Gasteiger partial charge on any atom is 0.319 e. The Kier molecular flexibility index (Phi) is 9.19. The second-order valence-corrected chi connectivity index (χ2v) is 10.2. The van der Waals surface area contributed by atoms with E-state index in [9.17, 15) is 9.59 Å². The maximum absolute atomic E-state index is 13.2. The van der Waals surface area contributed by atoms with Crippen LogP contribution in [0.25, 0.3) is 0 Å². The molecule has 1 aliphatic heterocycles. The fraction of sp³-hybridized carbons (Fsp3) is 0.355. The standard InChI is InChI=1S/C31H38N4O2/c1-23(2)21-32-30(36)28-20-27(34-31(37)33-22-26-11-7-4-8-12-26)13-14-29(28)35-17-15-25(16-18-35)19-24-9-5-3-6-10-24/h3-14,20,23,25H,15-19,21-22H2,1-2H3,(H,32,36)(H2,33,34,37). The molecule has 1 aliphatic rings. The molecule has 0 radical (unpaired) electrons. The minimum Gasteiger partial charge on any atom is -0.371 e. The van der Waals surface area contributed by atoms with Gasteiger partial charge in [0.1, 0.15) is 0 Å². The van der Waals surface area contributed by atoms with Crippen molar-refractivity contribution >= 4 is 23.3 Å². The van der Waals surface area contributed by atoms with Crippen molar-refractivity contribution in [2.24, 2.45) is 11.8 Å². The third kappa shape index (κ3) is 7.84. The van der Waals surface area contributed by atoms with E-state index < -0.39 is 0 Å². The van der Waals surface area contributed by atoms with E-state index in [2.05, 4.69) is 65.0 Å². The Labute approximate surface area is 220 Å². The summed E-state index contributed by atoms with van der Waals surface area (Å²) in [7, 11) is 0. The zero-order valence-electron chi connectivity index (χ0n) is 21.9. The number of carbonyl (C=O) groups is 2. The van der Waals surface area contributed by atoms with E-state index >= 15 is 0 Å². The van der Waals surface area contributed by atoms with Gasteiger partial charge in [0.2, 0.25) is 0 Å². The number of rotatable bonds is 9. The first-order chi connectivity index (χ1) is 18.0. The summed E-state index contributed by atoms with van der Waals surface area (Å²) in [5.41, 5.74) is 4.54. The molecule has 0 aliphatic carbocycles. The summed E-state index contributed by atoms with van der Waals surface area (Å²) in [5, 5.41) is 8.82. The molecule has 3 amide bonds. The van der Waals surface area contributed by atoms with Gasteiger partial charge in [-0.25, -0.2) is 4.79 Å². The van der Waals surface area contributed by atoms with Crippen molar-refractivity contribution in [3.05, 3.63) is 95.6 Å². The van der Waals surface area contributed by atoms with Crippen molar-refractivity contribution in [3.8, 4) is 0 Å². The van der Waals surface area contributed by atoms with Crippen LogP contribution in [-0.4, -0.2) is 31.6 Å². The van der Waals surface area contributed by atoms with E-state index in [0.29, 0.717) is 36.2 Å². The van der Waals surface area contributed by atoms with E-state index in [4.69, 9.17) is 0 Å². The van der Waals surface area contributed by atoms with E-state index in [1.54, 1.807) is 6.07 Å². The molecule has 3 aromatic rings. The predicted octanol–water partition coefficient (Wildman–Crippen LogP) is 5.85. The fourth-order valence-corrected chi connectivity index (χ4v) is 4.74. The second-order valence-electron chi connectivity index (χ2n) is 10.2. The number of hydrogen-bond donors (Lipinski definition) is 3. The van der Waals surface area contributed by atoms with Crippen molar-refractivity contribution in [2.75, 3.05) is 29.9 Å². The third-order valence-electron chi connectivity index (χ3n) is 6.79. The second kappa shape index (κ2) is 12.9. The Morgan fingerprint density at radius 3 is 2.16 bits per heavy atom. The number of nitrogens with zero attached hydrogens (tertiary/aromatic N) is 1. The van der Waals surface area contributed by atoms with Gasteiger partial charge in [0.05, 0.1) is 5.56 Å². The highest BCUT2D eigenvalue weighted by molar-refractivity contribution is 6.02. The van der Waals surface area contributed by atoms with Crippen LogP contribution in [0.5, 0.6) is 0 Å². The minimum atomic E-state index is -0.299. The molecule has 6 nitrogen and oxygen atoms in total. The van der Waals surface area contributed by atoms with Crippen LogP contribution in [0.3, 0.4) is 0 Å². The number of piperidine rings is 1. The highest BCUT2D eigenvalue weighted by atomic mass is 16.2. The first-order valence-electron chi connectivity index (χ1n) is 13.3. The topological polar surface area (TPSA) is 73.5 Å². The Morgan fingerprint density at radius 1 is 0.865 bits per heavy atom. The summed E-state index contributed by atoms with van der Waals surface area (Å²) in [6.07, 6.45) is 3.27. The minimum absolute atomic E-state index is 0.108. The van der Waals surface area contributed by atoms with Crippen molar-refractivity contribution in [2.45, 2.75) is 39.7 Å². The van der Waals surface area contributed by atoms with Crippen LogP contribution >= 0.6 is 0 Å². The number of hydrogen-bond acceptors (Lipinski definition) is 3. The van der Waals surface area contributed by atoms with Crippen molar-refractivity contribution < 1.29 is 9.59 Å². The lowest BCUT2D eigenvalue weighted by Crippen LogP contribution is -2.36. The van der Waals surface area contributed by atoms with Gasteiger partial charge < -0.3 is 20.9 Å². The molecule has 0 unspecified atom stereocenters. The molecular formula is C31H38N4O2. The number of anilines is 2. The van der Waals surface area contributed by atoms with Gasteiger partial charge in [0.25, 0.3) is 5.91 Å². The quantitative estimate of drug-likeness (QED) is 0.346.